The van der Waals surface area contributed by atoms with Crippen molar-refractivity contribution in [2.75, 3.05) is 0 Å². The molecular formula is C13H11BrN2O2. The average Bonchev–Trinajstić information content (AvgIpc) is 2.38. The first-order valence-corrected chi connectivity index (χ1v) is 6.19. The molecule has 0 aliphatic rings. The fraction of sp³-hybridized carbons (Fsp3) is 0.154. The molecule has 18 heavy (non-hydrogen) atoms. The number of halogens is 1. The van der Waals surface area contributed by atoms with E-state index in [2.05, 4.69) is 25.9 Å². The van der Waals surface area contributed by atoms with Gasteiger partial charge in [-0.15, -0.1) is 0 Å². The SMILES string of the molecule is O=C(O)C(Cc1ccc(Br)cc1)c1ccncn1. The molecule has 0 saturated carbocycles. The molecule has 1 aromatic heterocycles. The smallest absolute Gasteiger partial charge is 0.312 e. The summed E-state index contributed by atoms with van der Waals surface area (Å²) in [5, 5.41) is 9.27. The van der Waals surface area contributed by atoms with Gasteiger partial charge in [0.25, 0.3) is 0 Å². The molecule has 0 aliphatic heterocycles. The third-order valence-electron chi connectivity index (χ3n) is 2.61. The maximum absolute atomic E-state index is 11.3. The highest BCUT2D eigenvalue weighted by Gasteiger charge is 2.21. The van der Waals surface area contributed by atoms with Crippen LogP contribution >= 0.6 is 15.9 Å². The van der Waals surface area contributed by atoms with Gasteiger partial charge in [0.15, 0.2) is 0 Å². The Morgan fingerprint density at radius 1 is 1.28 bits per heavy atom. The van der Waals surface area contributed by atoms with Crippen molar-refractivity contribution in [1.82, 2.24) is 9.97 Å². The van der Waals surface area contributed by atoms with E-state index < -0.39 is 11.9 Å². The highest BCUT2D eigenvalue weighted by atomic mass is 79.9. The first kappa shape index (κ1) is 12.7. The minimum atomic E-state index is -0.878. The van der Waals surface area contributed by atoms with Gasteiger partial charge >= 0.3 is 5.97 Å². The van der Waals surface area contributed by atoms with Gasteiger partial charge in [0, 0.05) is 10.7 Å². The number of hydrogen-bond acceptors (Lipinski definition) is 3. The van der Waals surface area contributed by atoms with Crippen LogP contribution in [0.15, 0.2) is 47.3 Å². The normalized spacial score (nSPS) is 12.1. The number of nitrogens with zero attached hydrogens (tertiary/aromatic N) is 2. The topological polar surface area (TPSA) is 63.1 Å². The Hall–Kier alpha value is -1.75. The molecule has 0 bridgehead atoms. The first-order valence-electron chi connectivity index (χ1n) is 5.40. The Morgan fingerprint density at radius 3 is 2.56 bits per heavy atom. The van der Waals surface area contributed by atoms with Crippen molar-refractivity contribution in [1.29, 1.82) is 0 Å². The Bertz CT molecular complexity index is 528. The van der Waals surface area contributed by atoms with Crippen LogP contribution in [0.5, 0.6) is 0 Å². The lowest BCUT2D eigenvalue weighted by Gasteiger charge is -2.11. The summed E-state index contributed by atoms with van der Waals surface area (Å²) >= 11 is 3.35. The molecule has 5 heteroatoms. The van der Waals surface area contributed by atoms with Gasteiger partial charge in [0.05, 0.1) is 5.69 Å². The summed E-state index contributed by atoms with van der Waals surface area (Å²) in [5.74, 6) is -1.52. The van der Waals surface area contributed by atoms with E-state index >= 15 is 0 Å². The van der Waals surface area contributed by atoms with Crippen LogP contribution in [-0.2, 0) is 11.2 Å². The fourth-order valence-electron chi connectivity index (χ4n) is 1.68. The molecule has 2 aromatic rings. The predicted molar refractivity (Wildman–Crippen MR) is 70.3 cm³/mol. The van der Waals surface area contributed by atoms with Gasteiger partial charge < -0.3 is 5.11 Å². The number of rotatable bonds is 4. The van der Waals surface area contributed by atoms with Crippen LogP contribution in [-0.4, -0.2) is 21.0 Å². The molecule has 1 N–H and O–H groups in total. The molecule has 4 nitrogen and oxygen atoms in total. The summed E-state index contributed by atoms with van der Waals surface area (Å²) in [6, 6.07) is 9.24. The minimum Gasteiger partial charge on any atom is -0.481 e. The molecule has 0 spiro atoms. The zero-order valence-electron chi connectivity index (χ0n) is 9.45. The Kier molecular flexibility index (Phi) is 4.04. The van der Waals surface area contributed by atoms with Crippen LogP contribution in [0.1, 0.15) is 17.2 Å². The number of carboxylic acid groups (broad SMARTS) is 1. The van der Waals surface area contributed by atoms with Crippen molar-refractivity contribution in [2.45, 2.75) is 12.3 Å². The van der Waals surface area contributed by atoms with Crippen LogP contribution in [0.2, 0.25) is 0 Å². The highest BCUT2D eigenvalue weighted by Crippen LogP contribution is 2.20. The van der Waals surface area contributed by atoms with Crippen LogP contribution < -0.4 is 0 Å². The molecule has 0 fully saturated rings. The number of benzene rings is 1. The van der Waals surface area contributed by atoms with Crippen molar-refractivity contribution in [3.8, 4) is 0 Å². The second-order valence-electron chi connectivity index (χ2n) is 3.86. The number of aromatic nitrogens is 2. The molecule has 0 amide bonds. The Labute approximate surface area is 113 Å². The third kappa shape index (κ3) is 3.13. The Balaban J connectivity index is 2.22. The van der Waals surface area contributed by atoms with Crippen molar-refractivity contribution in [2.24, 2.45) is 0 Å². The van der Waals surface area contributed by atoms with E-state index in [0.717, 1.165) is 10.0 Å². The van der Waals surface area contributed by atoms with E-state index in [1.807, 2.05) is 24.3 Å². The summed E-state index contributed by atoms with van der Waals surface area (Å²) in [7, 11) is 0. The van der Waals surface area contributed by atoms with Gasteiger partial charge in [-0.05, 0) is 30.2 Å². The van der Waals surface area contributed by atoms with Gasteiger partial charge in [0.2, 0.25) is 0 Å². The standard InChI is InChI=1S/C13H11BrN2O2/c14-10-3-1-9(2-4-10)7-11(13(17)18)12-5-6-15-8-16-12/h1-6,8,11H,7H2,(H,17,18). The molecule has 1 atom stereocenters. The fourth-order valence-corrected chi connectivity index (χ4v) is 1.95. The van der Waals surface area contributed by atoms with Crippen LogP contribution in [0.3, 0.4) is 0 Å². The lowest BCUT2D eigenvalue weighted by Crippen LogP contribution is -2.15. The maximum atomic E-state index is 11.3. The maximum Gasteiger partial charge on any atom is 0.312 e. The Morgan fingerprint density at radius 2 is 2.00 bits per heavy atom. The van der Waals surface area contributed by atoms with Gasteiger partial charge in [0.1, 0.15) is 12.2 Å². The number of aliphatic carboxylic acids is 1. The zero-order chi connectivity index (χ0) is 13.0. The molecule has 0 aliphatic carbocycles. The van der Waals surface area contributed by atoms with Crippen LogP contribution in [0.4, 0.5) is 0 Å². The average molecular weight is 307 g/mol. The quantitative estimate of drug-likeness (QED) is 0.943. The summed E-state index contributed by atoms with van der Waals surface area (Å²) in [4.78, 5) is 19.1. The number of carboxylic acids is 1. The molecule has 1 heterocycles. The van der Waals surface area contributed by atoms with E-state index in [1.165, 1.54) is 6.33 Å². The summed E-state index contributed by atoms with van der Waals surface area (Å²) in [5.41, 5.74) is 1.49. The first-order chi connectivity index (χ1) is 8.66. The molecular weight excluding hydrogens is 296 g/mol. The van der Waals surface area contributed by atoms with Crippen LogP contribution in [0.25, 0.3) is 0 Å². The largest absolute Gasteiger partial charge is 0.481 e. The highest BCUT2D eigenvalue weighted by molar-refractivity contribution is 9.10. The second kappa shape index (κ2) is 5.73. The lowest BCUT2D eigenvalue weighted by molar-refractivity contribution is -0.138. The van der Waals surface area contributed by atoms with Crippen molar-refractivity contribution in [3.05, 3.63) is 58.6 Å². The zero-order valence-corrected chi connectivity index (χ0v) is 11.0. The van der Waals surface area contributed by atoms with E-state index in [0.29, 0.717) is 12.1 Å². The van der Waals surface area contributed by atoms with Gasteiger partial charge in [-0.1, -0.05) is 28.1 Å². The number of hydrogen-bond donors (Lipinski definition) is 1. The van der Waals surface area contributed by atoms with Gasteiger partial charge in [-0.2, -0.15) is 0 Å². The molecule has 0 radical (unpaired) electrons. The van der Waals surface area contributed by atoms with E-state index in [9.17, 15) is 9.90 Å². The molecule has 0 saturated heterocycles. The van der Waals surface area contributed by atoms with Crippen LogP contribution in [0, 0.1) is 0 Å². The molecule has 1 aromatic carbocycles. The summed E-state index contributed by atoms with van der Waals surface area (Å²) < 4.78 is 0.972. The molecule has 1 unspecified atom stereocenters. The second-order valence-corrected chi connectivity index (χ2v) is 4.77. The van der Waals surface area contributed by atoms with Gasteiger partial charge in [-0.25, -0.2) is 9.97 Å². The van der Waals surface area contributed by atoms with E-state index in [-0.39, 0.29) is 0 Å². The molecule has 92 valence electrons. The van der Waals surface area contributed by atoms with Crippen molar-refractivity contribution in [3.63, 3.8) is 0 Å². The monoisotopic (exact) mass is 306 g/mol. The third-order valence-corrected chi connectivity index (χ3v) is 3.14. The van der Waals surface area contributed by atoms with E-state index in [1.54, 1.807) is 12.3 Å². The van der Waals surface area contributed by atoms with Crippen molar-refractivity contribution < 1.29 is 9.90 Å². The summed E-state index contributed by atoms with van der Waals surface area (Å²) in [6.45, 7) is 0. The van der Waals surface area contributed by atoms with Crippen molar-refractivity contribution >= 4 is 21.9 Å². The lowest BCUT2D eigenvalue weighted by atomic mass is 9.96. The predicted octanol–water partition coefficient (Wildman–Crippen LogP) is 2.65. The van der Waals surface area contributed by atoms with Gasteiger partial charge in [-0.3, -0.25) is 4.79 Å². The van der Waals surface area contributed by atoms with E-state index in [4.69, 9.17) is 0 Å². The molecule has 2 rings (SSSR count). The minimum absolute atomic E-state index is 0.416. The summed E-state index contributed by atoms with van der Waals surface area (Å²) in [6.07, 6.45) is 3.34. The number of carbonyl (C=O) groups is 1.